The molecule has 1 aromatic heterocycles. The zero-order chi connectivity index (χ0) is 15.6. The van der Waals surface area contributed by atoms with Crippen molar-refractivity contribution in [3.63, 3.8) is 0 Å². The Morgan fingerprint density at radius 2 is 2.05 bits per heavy atom. The summed E-state index contributed by atoms with van der Waals surface area (Å²) in [6.45, 7) is 0. The Morgan fingerprint density at radius 3 is 2.73 bits per heavy atom. The summed E-state index contributed by atoms with van der Waals surface area (Å²) < 4.78 is 5.77. The molecule has 3 rings (SSSR count). The van der Waals surface area contributed by atoms with E-state index in [9.17, 15) is 9.59 Å². The van der Waals surface area contributed by atoms with Crippen LogP contribution in [0.5, 0.6) is 0 Å². The van der Waals surface area contributed by atoms with Crippen LogP contribution >= 0.6 is 11.6 Å². The van der Waals surface area contributed by atoms with Crippen LogP contribution in [-0.2, 0) is 20.7 Å². The van der Waals surface area contributed by atoms with Crippen molar-refractivity contribution in [1.82, 2.24) is 4.98 Å². The number of cyclic esters (lactones) is 1. The average molecular weight is 322 g/mol. The van der Waals surface area contributed by atoms with E-state index in [2.05, 4.69) is 4.98 Å². The lowest BCUT2D eigenvalue weighted by molar-refractivity contribution is -0.178. The van der Waals surface area contributed by atoms with Gasteiger partial charge in [-0.25, -0.2) is 0 Å². The smallest absolute Gasteiger partial charge is 0.313 e. The van der Waals surface area contributed by atoms with Crippen molar-refractivity contribution >= 4 is 23.4 Å². The van der Waals surface area contributed by atoms with Gasteiger partial charge in [0.1, 0.15) is 17.8 Å². The standard InChI is InChI=1S/C17H20ClNO3/c18-14-7-12(10-19-11-14)5-6-17(13-3-1-2-4-13)9-15(20)8-16(21)22-17/h7,10-11,13H,1-6,8-9H2. The van der Waals surface area contributed by atoms with Crippen molar-refractivity contribution in [1.29, 1.82) is 0 Å². The summed E-state index contributed by atoms with van der Waals surface area (Å²) in [5.74, 6) is -0.0624. The molecule has 1 aliphatic carbocycles. The van der Waals surface area contributed by atoms with E-state index in [1.165, 1.54) is 0 Å². The minimum atomic E-state index is -0.620. The third kappa shape index (κ3) is 3.32. The number of carbonyl (C=O) groups is 2. The highest BCUT2D eigenvalue weighted by molar-refractivity contribution is 6.30. The molecule has 2 aliphatic rings. The Kier molecular flexibility index (Phi) is 4.48. The maximum atomic E-state index is 12.0. The van der Waals surface area contributed by atoms with E-state index in [1.807, 2.05) is 6.07 Å². The highest BCUT2D eigenvalue weighted by Gasteiger charge is 2.47. The molecular weight excluding hydrogens is 302 g/mol. The van der Waals surface area contributed by atoms with Crippen LogP contribution in [0.1, 0.15) is 50.5 Å². The van der Waals surface area contributed by atoms with Crippen LogP contribution < -0.4 is 0 Å². The molecule has 2 fully saturated rings. The van der Waals surface area contributed by atoms with Gasteiger partial charge in [-0.1, -0.05) is 24.4 Å². The van der Waals surface area contributed by atoms with Crippen LogP contribution in [0.2, 0.25) is 5.02 Å². The lowest BCUT2D eigenvalue weighted by atomic mass is 9.76. The SMILES string of the molecule is O=C1CC(=O)OC(CCc2cncc(Cl)c2)(C2CCCC2)C1. The van der Waals surface area contributed by atoms with Gasteiger partial charge in [-0.2, -0.15) is 0 Å². The summed E-state index contributed by atoms with van der Waals surface area (Å²) in [4.78, 5) is 27.9. The molecule has 0 bridgehead atoms. The van der Waals surface area contributed by atoms with Crippen molar-refractivity contribution in [3.05, 3.63) is 29.0 Å². The highest BCUT2D eigenvalue weighted by atomic mass is 35.5. The van der Waals surface area contributed by atoms with Crippen molar-refractivity contribution in [2.45, 2.75) is 57.0 Å². The Labute approximate surface area is 135 Å². The summed E-state index contributed by atoms with van der Waals surface area (Å²) in [5, 5.41) is 0.601. The molecule has 0 radical (unpaired) electrons. The topological polar surface area (TPSA) is 56.3 Å². The number of hydrogen-bond acceptors (Lipinski definition) is 4. The van der Waals surface area contributed by atoms with Gasteiger partial charge in [-0.05, 0) is 43.2 Å². The van der Waals surface area contributed by atoms with Gasteiger partial charge in [0.2, 0.25) is 0 Å². The third-order valence-corrected chi connectivity index (χ3v) is 5.06. The molecule has 0 amide bonds. The number of aromatic nitrogens is 1. The molecule has 5 heteroatoms. The van der Waals surface area contributed by atoms with Gasteiger partial charge in [-0.15, -0.1) is 0 Å². The summed E-state index contributed by atoms with van der Waals surface area (Å²) in [5.41, 5.74) is 0.393. The summed E-state index contributed by atoms with van der Waals surface area (Å²) in [7, 11) is 0. The average Bonchev–Trinajstić information content (AvgIpc) is 2.99. The van der Waals surface area contributed by atoms with Gasteiger partial charge in [0.25, 0.3) is 0 Å². The minimum Gasteiger partial charge on any atom is -0.458 e. The van der Waals surface area contributed by atoms with Crippen LogP contribution in [0.4, 0.5) is 0 Å². The monoisotopic (exact) mass is 321 g/mol. The Bertz CT molecular complexity index is 565. The van der Waals surface area contributed by atoms with Crippen LogP contribution in [0.3, 0.4) is 0 Å². The molecule has 22 heavy (non-hydrogen) atoms. The van der Waals surface area contributed by atoms with E-state index in [4.69, 9.17) is 16.3 Å². The predicted molar refractivity (Wildman–Crippen MR) is 82.6 cm³/mol. The minimum absolute atomic E-state index is 0.00682. The van der Waals surface area contributed by atoms with Gasteiger partial charge in [0.05, 0.1) is 5.02 Å². The van der Waals surface area contributed by atoms with Gasteiger partial charge in [-0.3, -0.25) is 14.6 Å². The fourth-order valence-corrected chi connectivity index (χ4v) is 4.02. The van der Waals surface area contributed by atoms with Crippen molar-refractivity contribution in [3.8, 4) is 0 Å². The van der Waals surface area contributed by atoms with E-state index in [-0.39, 0.29) is 18.2 Å². The molecule has 0 spiro atoms. The molecule has 1 saturated heterocycles. The summed E-state index contributed by atoms with van der Waals surface area (Å²) in [6, 6.07) is 1.88. The number of ketones is 1. The van der Waals surface area contributed by atoms with E-state index in [0.717, 1.165) is 31.2 Å². The van der Waals surface area contributed by atoms with E-state index >= 15 is 0 Å². The van der Waals surface area contributed by atoms with Crippen molar-refractivity contribution in [2.75, 3.05) is 0 Å². The molecule has 1 aromatic rings. The van der Waals surface area contributed by atoms with Crippen LogP contribution in [0.15, 0.2) is 18.5 Å². The molecule has 0 aromatic carbocycles. The molecule has 4 nitrogen and oxygen atoms in total. The number of pyridine rings is 1. The quantitative estimate of drug-likeness (QED) is 0.629. The number of aryl methyl sites for hydroxylation is 1. The zero-order valence-corrected chi connectivity index (χ0v) is 13.3. The lowest BCUT2D eigenvalue weighted by Gasteiger charge is -2.41. The second kappa shape index (κ2) is 6.37. The predicted octanol–water partition coefficient (Wildman–Crippen LogP) is 3.50. The first-order valence-corrected chi connectivity index (χ1v) is 8.28. The molecule has 118 valence electrons. The summed E-state index contributed by atoms with van der Waals surface area (Å²) in [6.07, 6.45) is 9.41. The van der Waals surface area contributed by atoms with Crippen LogP contribution in [-0.4, -0.2) is 22.3 Å². The van der Waals surface area contributed by atoms with E-state index < -0.39 is 5.60 Å². The molecule has 1 atom stereocenters. The maximum Gasteiger partial charge on any atom is 0.313 e. The van der Waals surface area contributed by atoms with Gasteiger partial charge >= 0.3 is 5.97 Å². The number of hydrogen-bond donors (Lipinski definition) is 0. The van der Waals surface area contributed by atoms with Crippen molar-refractivity contribution in [2.24, 2.45) is 5.92 Å². The largest absolute Gasteiger partial charge is 0.458 e. The Hall–Kier alpha value is -1.42. The molecule has 1 saturated carbocycles. The van der Waals surface area contributed by atoms with Crippen LogP contribution in [0.25, 0.3) is 0 Å². The molecule has 1 aliphatic heterocycles. The lowest BCUT2D eigenvalue weighted by Crippen LogP contribution is -2.48. The first-order valence-electron chi connectivity index (χ1n) is 7.90. The maximum absolute atomic E-state index is 12.0. The normalized spacial score (nSPS) is 26.2. The van der Waals surface area contributed by atoms with E-state index in [1.54, 1.807) is 12.4 Å². The summed E-state index contributed by atoms with van der Waals surface area (Å²) >= 11 is 5.97. The fraction of sp³-hybridized carbons (Fsp3) is 0.588. The number of ether oxygens (including phenoxy) is 1. The molecule has 2 heterocycles. The Balaban J connectivity index is 1.79. The molecule has 0 N–H and O–H groups in total. The number of rotatable bonds is 4. The second-order valence-electron chi connectivity index (χ2n) is 6.42. The van der Waals surface area contributed by atoms with Gasteiger partial charge in [0, 0.05) is 18.8 Å². The second-order valence-corrected chi connectivity index (χ2v) is 6.86. The van der Waals surface area contributed by atoms with Crippen LogP contribution in [0, 0.1) is 5.92 Å². The van der Waals surface area contributed by atoms with E-state index in [0.29, 0.717) is 30.2 Å². The Morgan fingerprint density at radius 1 is 1.27 bits per heavy atom. The van der Waals surface area contributed by atoms with Crippen molar-refractivity contribution < 1.29 is 14.3 Å². The third-order valence-electron chi connectivity index (χ3n) is 4.85. The fourth-order valence-electron chi connectivity index (χ4n) is 3.83. The molecule has 1 unspecified atom stereocenters. The number of carbonyl (C=O) groups excluding carboxylic acids is 2. The number of Topliss-reactive ketones (excluding diaryl/α,β-unsaturated/α-hetero) is 1. The number of halogens is 1. The number of esters is 1. The van der Waals surface area contributed by atoms with Gasteiger partial charge in [0.15, 0.2) is 0 Å². The molecular formula is C17H20ClNO3. The van der Waals surface area contributed by atoms with Gasteiger partial charge < -0.3 is 4.74 Å². The number of nitrogens with zero attached hydrogens (tertiary/aromatic N) is 1. The zero-order valence-electron chi connectivity index (χ0n) is 12.5. The highest BCUT2D eigenvalue weighted by Crippen LogP contribution is 2.43. The first kappa shape index (κ1) is 15.5. The first-order chi connectivity index (χ1) is 10.6.